The summed E-state index contributed by atoms with van der Waals surface area (Å²) < 4.78 is 6.87. The van der Waals surface area contributed by atoms with E-state index in [1.807, 2.05) is 55.5 Å². The summed E-state index contributed by atoms with van der Waals surface area (Å²) in [5, 5.41) is 18.8. The lowest BCUT2D eigenvalue weighted by Crippen LogP contribution is -2.10. The predicted octanol–water partition coefficient (Wildman–Crippen LogP) is 5.70. The number of ketones is 1. The van der Waals surface area contributed by atoms with Crippen LogP contribution in [0.1, 0.15) is 28.0 Å². The van der Waals surface area contributed by atoms with E-state index in [-0.39, 0.29) is 5.78 Å². The molecule has 0 saturated carbocycles. The van der Waals surface area contributed by atoms with E-state index in [0.29, 0.717) is 17.9 Å². The maximum atomic E-state index is 12.5. The van der Waals surface area contributed by atoms with E-state index in [2.05, 4.69) is 44.8 Å². The molecular formula is C27H23N5O2S. The second-order valence-electron chi connectivity index (χ2n) is 8.13. The van der Waals surface area contributed by atoms with Crippen molar-refractivity contribution in [1.82, 2.24) is 25.2 Å². The molecule has 0 unspecified atom stereocenters. The number of rotatable bonds is 7. The molecule has 0 aliphatic rings. The summed E-state index contributed by atoms with van der Waals surface area (Å²) in [6.07, 6.45) is 0. The summed E-state index contributed by atoms with van der Waals surface area (Å²) in [4.78, 5) is 12.5. The minimum absolute atomic E-state index is 0.0786. The van der Waals surface area contributed by atoms with Crippen LogP contribution in [0.25, 0.3) is 33.0 Å². The Hall–Kier alpha value is -4.17. The van der Waals surface area contributed by atoms with Crippen LogP contribution in [-0.2, 0) is 6.54 Å². The number of carbonyl (C=O) groups excluding carboxylic acids is 1. The maximum Gasteiger partial charge on any atom is 0.180 e. The number of ether oxygens (including phenoxy) is 1. The summed E-state index contributed by atoms with van der Waals surface area (Å²) in [5.74, 6) is 0.704. The van der Waals surface area contributed by atoms with Gasteiger partial charge in [-0.1, -0.05) is 77.2 Å². The number of hydrogen-bond acceptors (Lipinski definition) is 7. The van der Waals surface area contributed by atoms with Gasteiger partial charge in [-0.15, -0.1) is 15.3 Å². The Morgan fingerprint density at radius 1 is 0.829 bits per heavy atom. The molecule has 0 amide bonds. The van der Waals surface area contributed by atoms with E-state index in [1.165, 1.54) is 0 Å². The lowest BCUT2D eigenvalue weighted by Gasteiger charge is -2.08. The van der Waals surface area contributed by atoms with Crippen LogP contribution < -0.4 is 4.74 Å². The molecule has 35 heavy (non-hydrogen) atoms. The Morgan fingerprint density at radius 3 is 1.97 bits per heavy atom. The summed E-state index contributed by atoms with van der Waals surface area (Å²) in [6, 6.07) is 24.0. The molecule has 0 spiro atoms. The van der Waals surface area contributed by atoms with Crippen LogP contribution in [0.4, 0.5) is 0 Å². The zero-order chi connectivity index (χ0) is 24.4. The highest BCUT2D eigenvalue weighted by Gasteiger charge is 2.19. The highest BCUT2D eigenvalue weighted by atomic mass is 32.1. The van der Waals surface area contributed by atoms with Crippen LogP contribution in [-0.4, -0.2) is 38.1 Å². The van der Waals surface area contributed by atoms with Gasteiger partial charge in [0.05, 0.1) is 13.7 Å². The van der Waals surface area contributed by atoms with Gasteiger partial charge >= 0.3 is 0 Å². The highest BCUT2D eigenvalue weighted by molar-refractivity contribution is 7.14. The minimum Gasteiger partial charge on any atom is -0.497 e. The molecule has 8 heteroatoms. The SMILES string of the molecule is COc1ccc(Cn2nnc(-c3ccc(-c4ccc(-c5nnc(C)s5)cc4)cc3)c2C(C)=O)cc1. The fourth-order valence-corrected chi connectivity index (χ4v) is 4.61. The summed E-state index contributed by atoms with van der Waals surface area (Å²) in [5.41, 5.74) is 6.15. The van der Waals surface area contributed by atoms with E-state index in [1.54, 1.807) is 30.1 Å². The molecule has 0 N–H and O–H groups in total. The summed E-state index contributed by atoms with van der Waals surface area (Å²) in [7, 11) is 1.63. The van der Waals surface area contributed by atoms with Gasteiger partial charge in [0.15, 0.2) is 5.78 Å². The summed E-state index contributed by atoms with van der Waals surface area (Å²) >= 11 is 1.58. The molecule has 0 aliphatic heterocycles. The van der Waals surface area contributed by atoms with Crippen LogP contribution in [0, 0.1) is 6.92 Å². The Morgan fingerprint density at radius 2 is 1.43 bits per heavy atom. The second kappa shape index (κ2) is 9.60. The van der Waals surface area contributed by atoms with Crippen LogP contribution in [0.15, 0.2) is 72.8 Å². The van der Waals surface area contributed by atoms with Crippen LogP contribution in [0.5, 0.6) is 5.75 Å². The molecule has 2 aromatic heterocycles. The van der Waals surface area contributed by atoms with Crippen molar-refractivity contribution in [3.63, 3.8) is 0 Å². The molecular weight excluding hydrogens is 458 g/mol. The summed E-state index contributed by atoms with van der Waals surface area (Å²) in [6.45, 7) is 3.94. The molecule has 0 bridgehead atoms. The van der Waals surface area contributed by atoms with Gasteiger partial charge in [-0.3, -0.25) is 4.79 Å². The first-order chi connectivity index (χ1) is 17.0. The molecule has 0 fully saturated rings. The molecule has 0 saturated heterocycles. The first-order valence-corrected chi connectivity index (χ1v) is 11.9. The zero-order valence-corrected chi connectivity index (χ0v) is 20.4. The third-order valence-corrected chi connectivity index (χ3v) is 6.60. The molecule has 0 aliphatic carbocycles. The number of carbonyl (C=O) groups is 1. The van der Waals surface area contributed by atoms with Gasteiger partial charge in [-0.2, -0.15) is 0 Å². The van der Waals surface area contributed by atoms with Crippen molar-refractivity contribution < 1.29 is 9.53 Å². The van der Waals surface area contributed by atoms with Crippen LogP contribution in [0.2, 0.25) is 0 Å². The minimum atomic E-state index is -0.0786. The smallest absolute Gasteiger partial charge is 0.180 e. The largest absolute Gasteiger partial charge is 0.497 e. The van der Waals surface area contributed by atoms with Gasteiger partial charge in [0.1, 0.15) is 27.2 Å². The van der Waals surface area contributed by atoms with Gasteiger partial charge in [-0.25, -0.2) is 4.68 Å². The molecule has 174 valence electrons. The van der Waals surface area contributed by atoms with Crippen molar-refractivity contribution in [3.8, 4) is 38.7 Å². The molecule has 7 nitrogen and oxygen atoms in total. The molecule has 2 heterocycles. The average molecular weight is 482 g/mol. The fraction of sp³-hybridized carbons (Fsp3) is 0.148. The first kappa shape index (κ1) is 22.6. The molecule has 3 aromatic carbocycles. The van der Waals surface area contributed by atoms with Gasteiger partial charge < -0.3 is 4.74 Å². The van der Waals surface area contributed by atoms with Gasteiger partial charge in [0.25, 0.3) is 0 Å². The Bertz CT molecular complexity index is 1470. The standard InChI is InChI=1S/C27H23N5O2S/c1-17(33)26-25(29-31-32(26)16-19-4-14-24(34-3)15-5-19)22-10-6-20(7-11-22)21-8-12-23(13-9-21)27-30-28-18(2)35-27/h4-15H,16H2,1-3H3. The van der Waals surface area contributed by atoms with E-state index >= 15 is 0 Å². The monoisotopic (exact) mass is 481 g/mol. The third-order valence-electron chi connectivity index (χ3n) is 5.71. The van der Waals surface area contributed by atoms with Crippen molar-refractivity contribution in [2.75, 3.05) is 7.11 Å². The molecule has 0 atom stereocenters. The first-order valence-electron chi connectivity index (χ1n) is 11.1. The van der Waals surface area contributed by atoms with Crippen molar-refractivity contribution in [2.24, 2.45) is 0 Å². The Kier molecular flexibility index (Phi) is 6.20. The number of hydrogen-bond donors (Lipinski definition) is 0. The van der Waals surface area contributed by atoms with Crippen molar-refractivity contribution in [2.45, 2.75) is 20.4 Å². The van der Waals surface area contributed by atoms with E-state index in [0.717, 1.165) is 43.6 Å². The zero-order valence-electron chi connectivity index (χ0n) is 19.6. The van der Waals surface area contributed by atoms with Crippen molar-refractivity contribution >= 4 is 17.1 Å². The number of aryl methyl sites for hydroxylation is 1. The molecule has 0 radical (unpaired) electrons. The number of methoxy groups -OCH3 is 1. The Balaban J connectivity index is 1.39. The third kappa shape index (κ3) is 4.74. The maximum absolute atomic E-state index is 12.5. The number of Topliss-reactive ketones (excluding diaryl/α,β-unsaturated/α-hetero) is 1. The van der Waals surface area contributed by atoms with E-state index < -0.39 is 0 Å². The average Bonchev–Trinajstić information content (AvgIpc) is 3.51. The topological polar surface area (TPSA) is 82.8 Å². The molecule has 5 rings (SSSR count). The highest BCUT2D eigenvalue weighted by Crippen LogP contribution is 2.29. The van der Waals surface area contributed by atoms with Gasteiger partial charge in [-0.05, 0) is 35.7 Å². The number of aromatic nitrogens is 5. The fourth-order valence-electron chi connectivity index (χ4n) is 3.91. The van der Waals surface area contributed by atoms with Gasteiger partial charge in [0, 0.05) is 18.1 Å². The van der Waals surface area contributed by atoms with Gasteiger partial charge in [0.2, 0.25) is 0 Å². The quantitative estimate of drug-likeness (QED) is 0.277. The van der Waals surface area contributed by atoms with E-state index in [9.17, 15) is 4.79 Å². The van der Waals surface area contributed by atoms with Crippen molar-refractivity contribution in [1.29, 1.82) is 0 Å². The van der Waals surface area contributed by atoms with E-state index in [4.69, 9.17) is 4.74 Å². The second-order valence-corrected chi connectivity index (χ2v) is 9.31. The van der Waals surface area contributed by atoms with Crippen LogP contribution in [0.3, 0.4) is 0 Å². The number of benzene rings is 3. The lowest BCUT2D eigenvalue weighted by molar-refractivity contribution is 0.100. The van der Waals surface area contributed by atoms with Crippen molar-refractivity contribution in [3.05, 3.63) is 89.1 Å². The lowest BCUT2D eigenvalue weighted by atomic mass is 10.0. The normalized spacial score (nSPS) is 10.9. The Labute approximate surface area is 207 Å². The number of nitrogens with zero attached hydrogens (tertiary/aromatic N) is 5. The van der Waals surface area contributed by atoms with Crippen LogP contribution >= 0.6 is 11.3 Å². The predicted molar refractivity (Wildman–Crippen MR) is 137 cm³/mol. The molecule has 5 aromatic rings.